The fraction of sp³-hybridized carbons (Fsp3) is 0.481. The van der Waals surface area contributed by atoms with E-state index >= 15 is 0 Å². The fourth-order valence-electron chi connectivity index (χ4n) is 4.16. The minimum Gasteiger partial charge on any atom is -0.486 e. The van der Waals surface area contributed by atoms with Gasteiger partial charge < -0.3 is 19.7 Å². The lowest BCUT2D eigenvalue weighted by Crippen LogP contribution is -2.49. The van der Waals surface area contributed by atoms with Gasteiger partial charge in [0.05, 0.1) is 11.9 Å². The van der Waals surface area contributed by atoms with Crippen LogP contribution in [-0.2, 0) is 26.0 Å². The molecule has 1 aliphatic rings. The van der Waals surface area contributed by atoms with E-state index < -0.39 is 16.1 Å². The highest BCUT2D eigenvalue weighted by atomic mass is 32.2. The number of carbonyl (C=O) groups is 2. The third kappa shape index (κ3) is 8.11. The van der Waals surface area contributed by atoms with E-state index in [9.17, 15) is 18.0 Å². The summed E-state index contributed by atoms with van der Waals surface area (Å²) in [6.07, 6.45) is 2.96. The first-order valence-corrected chi connectivity index (χ1v) is 14.5. The van der Waals surface area contributed by atoms with Crippen LogP contribution in [-0.4, -0.2) is 70.3 Å². The lowest BCUT2D eigenvalue weighted by atomic mass is 10.1. The molecule has 0 saturated heterocycles. The summed E-state index contributed by atoms with van der Waals surface area (Å²) in [6.45, 7) is 5.59. The Labute approximate surface area is 219 Å². The summed E-state index contributed by atoms with van der Waals surface area (Å²) < 4.78 is 37.5. The van der Waals surface area contributed by atoms with Crippen LogP contribution in [0.2, 0.25) is 0 Å². The largest absolute Gasteiger partial charge is 0.486 e. The molecule has 2 aromatic carbocycles. The Morgan fingerprint density at radius 3 is 2.41 bits per heavy atom. The van der Waals surface area contributed by atoms with Gasteiger partial charge in [-0.05, 0) is 43.9 Å². The molecular formula is C27H37N3O6S. The first-order valence-electron chi connectivity index (χ1n) is 12.7. The molecule has 2 amide bonds. The summed E-state index contributed by atoms with van der Waals surface area (Å²) >= 11 is 0. The first-order chi connectivity index (χ1) is 17.7. The summed E-state index contributed by atoms with van der Waals surface area (Å²) in [5.74, 6) is 0.679. The van der Waals surface area contributed by atoms with Crippen LogP contribution in [0.4, 0.5) is 5.69 Å². The molecule has 0 bridgehead atoms. The van der Waals surface area contributed by atoms with E-state index in [1.807, 2.05) is 37.3 Å². The molecule has 0 radical (unpaired) electrons. The second-order valence-corrected chi connectivity index (χ2v) is 11.0. The van der Waals surface area contributed by atoms with Gasteiger partial charge in [-0.2, -0.15) is 0 Å². The summed E-state index contributed by atoms with van der Waals surface area (Å²) in [5, 5.41) is 2.86. The number of nitrogens with one attached hydrogen (secondary N) is 1. The number of amides is 2. The standard InChI is InChI=1S/C27H37N3O6S/c1-4-15-28-27(32)21(2)29(17-14-22-9-6-5-7-10-22)26(31)11-8-16-30(37(3,33)34)23-12-13-24-25(20-23)36-19-18-35-24/h5-7,9-10,12-13,20-21H,4,8,11,14-19H2,1-3H3,(H,28,32). The third-order valence-electron chi connectivity index (χ3n) is 6.17. The average molecular weight is 532 g/mol. The number of rotatable bonds is 13. The van der Waals surface area contributed by atoms with Crippen LogP contribution in [0.5, 0.6) is 11.5 Å². The smallest absolute Gasteiger partial charge is 0.242 e. The molecule has 9 nitrogen and oxygen atoms in total. The molecule has 10 heteroatoms. The van der Waals surface area contributed by atoms with Gasteiger partial charge in [0.15, 0.2) is 11.5 Å². The Morgan fingerprint density at radius 2 is 1.73 bits per heavy atom. The minimum atomic E-state index is -3.60. The van der Waals surface area contributed by atoms with Gasteiger partial charge in [0.1, 0.15) is 19.3 Å². The van der Waals surface area contributed by atoms with Crippen LogP contribution in [0.3, 0.4) is 0 Å². The van der Waals surface area contributed by atoms with Gasteiger partial charge >= 0.3 is 0 Å². The van der Waals surface area contributed by atoms with Crippen molar-refractivity contribution in [2.45, 2.75) is 45.6 Å². The summed E-state index contributed by atoms with van der Waals surface area (Å²) in [6, 6.07) is 14.2. The molecule has 1 atom stereocenters. The van der Waals surface area contributed by atoms with Crippen molar-refractivity contribution in [3.05, 3.63) is 54.1 Å². The van der Waals surface area contributed by atoms with E-state index in [0.717, 1.165) is 18.2 Å². The normalized spacial score (nSPS) is 13.5. The second kappa shape index (κ2) is 13.3. The molecule has 202 valence electrons. The molecule has 1 unspecified atom stereocenters. The van der Waals surface area contributed by atoms with E-state index in [0.29, 0.717) is 56.3 Å². The minimum absolute atomic E-state index is 0.108. The molecular weight excluding hydrogens is 494 g/mol. The van der Waals surface area contributed by atoms with Gasteiger partial charge in [-0.1, -0.05) is 37.3 Å². The van der Waals surface area contributed by atoms with Gasteiger partial charge in [-0.15, -0.1) is 0 Å². The number of fused-ring (bicyclic) bond motifs is 1. The van der Waals surface area contributed by atoms with Crippen molar-refractivity contribution in [2.24, 2.45) is 0 Å². The predicted octanol–water partition coefficient (Wildman–Crippen LogP) is 2.99. The topological polar surface area (TPSA) is 105 Å². The molecule has 1 N–H and O–H groups in total. The Kier molecular flexibility index (Phi) is 10.2. The van der Waals surface area contributed by atoms with Gasteiger partial charge in [0, 0.05) is 32.1 Å². The van der Waals surface area contributed by atoms with Crippen LogP contribution in [0.1, 0.15) is 38.7 Å². The van der Waals surface area contributed by atoms with Crippen molar-refractivity contribution < 1.29 is 27.5 Å². The monoisotopic (exact) mass is 531 g/mol. The third-order valence-corrected chi connectivity index (χ3v) is 7.36. The lowest BCUT2D eigenvalue weighted by Gasteiger charge is -2.29. The van der Waals surface area contributed by atoms with Crippen LogP contribution in [0.15, 0.2) is 48.5 Å². The van der Waals surface area contributed by atoms with Crippen molar-refractivity contribution in [3.8, 4) is 11.5 Å². The molecule has 1 heterocycles. The van der Waals surface area contributed by atoms with Crippen LogP contribution in [0, 0.1) is 0 Å². The van der Waals surface area contributed by atoms with Crippen molar-refractivity contribution in [1.29, 1.82) is 0 Å². The van der Waals surface area contributed by atoms with Crippen molar-refractivity contribution in [1.82, 2.24) is 10.2 Å². The molecule has 0 aromatic heterocycles. The number of hydrogen-bond acceptors (Lipinski definition) is 6. The van der Waals surface area contributed by atoms with Gasteiger partial charge in [0.2, 0.25) is 21.8 Å². The number of carbonyl (C=O) groups excluding carboxylic acids is 2. The Bertz CT molecular complexity index is 1160. The molecule has 0 fully saturated rings. The zero-order valence-electron chi connectivity index (χ0n) is 21.8. The zero-order valence-corrected chi connectivity index (χ0v) is 22.6. The Morgan fingerprint density at radius 1 is 1.03 bits per heavy atom. The van der Waals surface area contributed by atoms with Crippen molar-refractivity contribution >= 4 is 27.5 Å². The van der Waals surface area contributed by atoms with Crippen LogP contribution >= 0.6 is 0 Å². The average Bonchev–Trinajstić information content (AvgIpc) is 2.89. The highest BCUT2D eigenvalue weighted by molar-refractivity contribution is 7.92. The van der Waals surface area contributed by atoms with Crippen LogP contribution in [0.25, 0.3) is 0 Å². The number of hydrogen-bond donors (Lipinski definition) is 1. The summed E-state index contributed by atoms with van der Waals surface area (Å²) in [4.78, 5) is 27.5. The zero-order chi connectivity index (χ0) is 26.8. The van der Waals surface area contributed by atoms with E-state index in [1.54, 1.807) is 30.0 Å². The molecule has 37 heavy (non-hydrogen) atoms. The molecule has 0 aliphatic carbocycles. The van der Waals surface area contributed by atoms with Gasteiger partial charge in [-0.3, -0.25) is 13.9 Å². The van der Waals surface area contributed by atoms with E-state index in [2.05, 4.69) is 5.32 Å². The van der Waals surface area contributed by atoms with Crippen molar-refractivity contribution in [2.75, 3.05) is 43.4 Å². The van der Waals surface area contributed by atoms with Gasteiger partial charge in [-0.25, -0.2) is 8.42 Å². The maximum absolute atomic E-state index is 13.3. The van der Waals surface area contributed by atoms with Gasteiger partial charge in [0.25, 0.3) is 0 Å². The maximum atomic E-state index is 13.3. The second-order valence-electron chi connectivity index (χ2n) is 9.06. The number of anilines is 1. The quantitative estimate of drug-likeness (QED) is 0.426. The van der Waals surface area contributed by atoms with Crippen molar-refractivity contribution in [3.63, 3.8) is 0 Å². The number of benzene rings is 2. The highest BCUT2D eigenvalue weighted by Gasteiger charge is 2.26. The Hall–Kier alpha value is -3.27. The van der Waals surface area contributed by atoms with E-state index in [4.69, 9.17) is 9.47 Å². The highest BCUT2D eigenvalue weighted by Crippen LogP contribution is 2.34. The SMILES string of the molecule is CCCNC(=O)C(C)N(CCc1ccccc1)C(=O)CCCN(c1ccc2c(c1)OCCO2)S(C)(=O)=O. The molecule has 0 saturated carbocycles. The Balaban J connectivity index is 1.68. The fourth-order valence-corrected chi connectivity index (χ4v) is 5.11. The summed E-state index contributed by atoms with van der Waals surface area (Å²) in [5.41, 5.74) is 1.52. The number of nitrogens with zero attached hydrogens (tertiary/aromatic N) is 2. The molecule has 2 aromatic rings. The molecule has 3 rings (SSSR count). The predicted molar refractivity (Wildman–Crippen MR) is 143 cm³/mol. The van der Waals surface area contributed by atoms with E-state index in [-0.39, 0.29) is 24.8 Å². The number of sulfonamides is 1. The van der Waals surface area contributed by atoms with E-state index in [1.165, 1.54) is 4.31 Å². The lowest BCUT2D eigenvalue weighted by molar-refractivity contribution is -0.139. The first kappa shape index (κ1) is 28.3. The number of ether oxygens (including phenoxy) is 2. The molecule has 1 aliphatic heterocycles. The summed E-state index contributed by atoms with van der Waals surface area (Å²) in [7, 11) is -3.60. The van der Waals surface area contributed by atoms with Crippen LogP contribution < -0.4 is 19.1 Å². The maximum Gasteiger partial charge on any atom is 0.242 e. The molecule has 0 spiro atoms.